The number of rotatable bonds is 17. The highest BCUT2D eigenvalue weighted by atomic mass is 32.1. The molecule has 194 valence electrons. The predicted octanol–water partition coefficient (Wildman–Crippen LogP) is 12.7. The summed E-state index contributed by atoms with van der Waals surface area (Å²) >= 11 is 7.83. The lowest BCUT2D eigenvalue weighted by molar-refractivity contribution is 0.608. The maximum absolute atomic E-state index is 2.53. The third kappa shape index (κ3) is 7.90. The van der Waals surface area contributed by atoms with Gasteiger partial charge in [-0.05, 0) is 71.8 Å². The van der Waals surface area contributed by atoms with Gasteiger partial charge >= 0.3 is 0 Å². The van der Waals surface area contributed by atoms with E-state index >= 15 is 0 Å². The van der Waals surface area contributed by atoms with Crippen LogP contribution in [0.15, 0.2) is 47.2 Å². The molecule has 0 nitrogen and oxygen atoms in total. The first-order chi connectivity index (χ1) is 17.8. The fraction of sp³-hybridized carbons (Fsp3) is 0.500. The number of unbranched alkanes of at least 4 members (excludes halogenated alkanes) is 10. The quantitative estimate of drug-likeness (QED) is 0.114. The second-order valence-corrected chi connectivity index (χ2v) is 13.9. The van der Waals surface area contributed by atoms with Crippen LogP contribution in [0.1, 0.15) is 102 Å². The van der Waals surface area contributed by atoms with Crippen molar-refractivity contribution in [2.24, 2.45) is 0 Å². The first-order valence-corrected chi connectivity index (χ1v) is 17.5. The lowest BCUT2D eigenvalue weighted by Gasteiger charge is -2.02. The van der Waals surface area contributed by atoms with E-state index in [0.717, 1.165) is 0 Å². The van der Waals surface area contributed by atoms with Crippen LogP contribution in [-0.2, 0) is 12.8 Å². The molecule has 0 N–H and O–H groups in total. The lowest BCUT2D eigenvalue weighted by atomic mass is 10.0. The van der Waals surface area contributed by atoms with Crippen molar-refractivity contribution in [2.75, 3.05) is 0 Å². The second-order valence-electron chi connectivity index (χ2n) is 9.92. The van der Waals surface area contributed by atoms with E-state index in [2.05, 4.69) is 61.0 Å². The van der Waals surface area contributed by atoms with E-state index in [4.69, 9.17) is 0 Å². The van der Waals surface area contributed by atoms with Gasteiger partial charge in [0.05, 0.1) is 0 Å². The van der Waals surface area contributed by atoms with Crippen molar-refractivity contribution in [3.63, 3.8) is 0 Å². The van der Waals surface area contributed by atoms with Crippen molar-refractivity contribution < 1.29 is 0 Å². The van der Waals surface area contributed by atoms with Crippen molar-refractivity contribution in [2.45, 2.75) is 104 Å². The third-order valence-electron chi connectivity index (χ3n) is 6.95. The zero-order chi connectivity index (χ0) is 25.0. The van der Waals surface area contributed by atoms with Gasteiger partial charge in [-0.1, -0.05) is 90.2 Å². The van der Waals surface area contributed by atoms with Crippen LogP contribution in [0.2, 0.25) is 0 Å². The van der Waals surface area contributed by atoms with E-state index in [0.29, 0.717) is 0 Å². The van der Waals surface area contributed by atoms with Crippen molar-refractivity contribution in [3.8, 4) is 29.3 Å². The van der Waals surface area contributed by atoms with Crippen LogP contribution in [0.5, 0.6) is 0 Å². The van der Waals surface area contributed by atoms with Gasteiger partial charge in [-0.15, -0.1) is 45.3 Å². The highest BCUT2D eigenvalue weighted by Crippen LogP contribution is 2.46. The summed E-state index contributed by atoms with van der Waals surface area (Å²) in [5, 5.41) is 4.45. The molecular weight excluding hydrogens is 513 g/mol. The molecule has 4 heteroatoms. The molecule has 4 aromatic rings. The van der Waals surface area contributed by atoms with Crippen LogP contribution in [0.3, 0.4) is 0 Å². The van der Waals surface area contributed by atoms with Gasteiger partial charge in [-0.25, -0.2) is 0 Å². The first kappa shape index (κ1) is 27.8. The second kappa shape index (κ2) is 15.3. The van der Waals surface area contributed by atoms with Crippen LogP contribution in [0, 0.1) is 0 Å². The molecule has 0 atom stereocenters. The summed E-state index contributed by atoms with van der Waals surface area (Å²) in [6, 6.07) is 14.1. The zero-order valence-electron chi connectivity index (χ0n) is 22.2. The largest absolute Gasteiger partial charge is 0.143 e. The van der Waals surface area contributed by atoms with Crippen LogP contribution >= 0.6 is 45.3 Å². The SMILES string of the molecule is CCCCCCCCc1cc(-c2cc(CCCCCCCC)c(-c3cccs3)s2)sc1-c1cccs1. The van der Waals surface area contributed by atoms with E-state index in [-0.39, 0.29) is 0 Å². The molecule has 0 fully saturated rings. The van der Waals surface area contributed by atoms with E-state index < -0.39 is 0 Å². The van der Waals surface area contributed by atoms with Crippen LogP contribution in [0.25, 0.3) is 29.3 Å². The zero-order valence-corrected chi connectivity index (χ0v) is 25.4. The Morgan fingerprint density at radius 1 is 0.500 bits per heavy atom. The Bertz CT molecular complexity index is 1020. The fourth-order valence-electron chi connectivity index (χ4n) is 4.90. The van der Waals surface area contributed by atoms with E-state index in [1.807, 2.05) is 45.3 Å². The summed E-state index contributed by atoms with van der Waals surface area (Å²) in [6.45, 7) is 4.60. The van der Waals surface area contributed by atoms with Gasteiger partial charge in [-0.2, -0.15) is 0 Å². The molecular formula is C32H42S4. The van der Waals surface area contributed by atoms with Crippen molar-refractivity contribution in [1.82, 2.24) is 0 Å². The van der Waals surface area contributed by atoms with Crippen molar-refractivity contribution in [3.05, 3.63) is 58.3 Å². The van der Waals surface area contributed by atoms with E-state index in [9.17, 15) is 0 Å². The topological polar surface area (TPSA) is 0 Å². The molecule has 4 aromatic heterocycles. The maximum Gasteiger partial charge on any atom is 0.0481 e. The number of hydrogen-bond donors (Lipinski definition) is 0. The van der Waals surface area contributed by atoms with Gasteiger partial charge in [0.2, 0.25) is 0 Å². The van der Waals surface area contributed by atoms with E-state index in [1.54, 1.807) is 11.1 Å². The van der Waals surface area contributed by atoms with Gasteiger partial charge in [0.15, 0.2) is 0 Å². The Labute approximate surface area is 235 Å². The number of thiophene rings is 4. The van der Waals surface area contributed by atoms with Gasteiger partial charge in [0.1, 0.15) is 0 Å². The summed E-state index contributed by atoms with van der Waals surface area (Å²) in [5.41, 5.74) is 3.13. The summed E-state index contributed by atoms with van der Waals surface area (Å²) < 4.78 is 0. The van der Waals surface area contributed by atoms with Crippen LogP contribution in [0.4, 0.5) is 0 Å². The van der Waals surface area contributed by atoms with Crippen molar-refractivity contribution >= 4 is 45.3 Å². The number of hydrogen-bond acceptors (Lipinski definition) is 4. The molecule has 0 radical (unpaired) electrons. The molecule has 0 aromatic carbocycles. The summed E-state index contributed by atoms with van der Waals surface area (Å²) in [5.74, 6) is 0. The average molecular weight is 555 g/mol. The maximum atomic E-state index is 2.53. The minimum absolute atomic E-state index is 1.21. The molecule has 0 aliphatic rings. The molecule has 0 amide bonds. The molecule has 0 aliphatic heterocycles. The molecule has 4 heterocycles. The Hall–Kier alpha value is -1.20. The minimum atomic E-state index is 1.21. The van der Waals surface area contributed by atoms with Gasteiger partial charge in [0, 0.05) is 29.3 Å². The molecule has 0 saturated carbocycles. The normalized spacial score (nSPS) is 11.5. The summed E-state index contributed by atoms with van der Waals surface area (Å²) in [6.07, 6.45) is 18.7. The molecule has 4 rings (SSSR count). The lowest BCUT2D eigenvalue weighted by Crippen LogP contribution is -1.86. The van der Waals surface area contributed by atoms with Crippen LogP contribution < -0.4 is 0 Å². The summed E-state index contributed by atoms with van der Waals surface area (Å²) in [4.78, 5) is 8.84. The Morgan fingerprint density at radius 3 is 1.31 bits per heavy atom. The monoisotopic (exact) mass is 554 g/mol. The molecule has 0 unspecified atom stereocenters. The highest BCUT2D eigenvalue weighted by Gasteiger charge is 2.18. The standard InChI is InChI=1S/C32H42S4/c1-3-5-7-9-11-13-17-25-23-29(35-31(25)27-19-15-21-33-27)30-24-26(18-14-12-10-8-6-4-2)32(36-30)28-20-16-22-34-28/h15-16,19-24H,3-14,17-18H2,1-2H3. The minimum Gasteiger partial charge on any atom is -0.143 e. The molecule has 36 heavy (non-hydrogen) atoms. The third-order valence-corrected chi connectivity index (χ3v) is 11.6. The Balaban J connectivity index is 1.52. The predicted molar refractivity (Wildman–Crippen MR) is 168 cm³/mol. The van der Waals surface area contributed by atoms with E-state index in [1.165, 1.54) is 119 Å². The molecule has 0 bridgehead atoms. The number of aryl methyl sites for hydroxylation is 2. The molecule has 0 saturated heterocycles. The average Bonchev–Trinajstić information content (AvgIpc) is 3.69. The fourth-order valence-corrected chi connectivity index (χ4v) is 9.17. The van der Waals surface area contributed by atoms with Crippen LogP contribution in [-0.4, -0.2) is 0 Å². The van der Waals surface area contributed by atoms with Gasteiger partial charge in [-0.3, -0.25) is 0 Å². The Morgan fingerprint density at radius 2 is 0.917 bits per heavy atom. The summed E-state index contributed by atoms with van der Waals surface area (Å²) in [7, 11) is 0. The van der Waals surface area contributed by atoms with Gasteiger partial charge in [0.25, 0.3) is 0 Å². The highest BCUT2D eigenvalue weighted by molar-refractivity contribution is 7.28. The Kier molecular flexibility index (Phi) is 11.8. The smallest absolute Gasteiger partial charge is 0.0481 e. The van der Waals surface area contributed by atoms with Crippen molar-refractivity contribution in [1.29, 1.82) is 0 Å². The first-order valence-electron chi connectivity index (χ1n) is 14.1. The molecule has 0 spiro atoms. The molecule has 0 aliphatic carbocycles. The van der Waals surface area contributed by atoms with Gasteiger partial charge < -0.3 is 0 Å².